The number of carbonyl (C=O) groups excluding carboxylic acids is 1. The van der Waals surface area contributed by atoms with E-state index in [4.69, 9.17) is 9.47 Å². The van der Waals surface area contributed by atoms with Crippen molar-refractivity contribution in [3.05, 3.63) is 23.3 Å². The molecule has 1 amide bonds. The van der Waals surface area contributed by atoms with E-state index in [-0.39, 0.29) is 17.4 Å². The Labute approximate surface area is 173 Å². The molecule has 0 radical (unpaired) electrons. The van der Waals surface area contributed by atoms with Gasteiger partial charge in [0.1, 0.15) is 17.6 Å². The number of hydrogen-bond acceptors (Lipinski definition) is 4. The third-order valence-electron chi connectivity index (χ3n) is 5.98. The van der Waals surface area contributed by atoms with Gasteiger partial charge in [0.05, 0.1) is 12.5 Å². The molecule has 2 aliphatic rings. The molecule has 29 heavy (non-hydrogen) atoms. The summed E-state index contributed by atoms with van der Waals surface area (Å²) in [5.74, 6) is 2.66. The molecular formula is C22H34N4O3. The van der Waals surface area contributed by atoms with Gasteiger partial charge in [-0.15, -0.1) is 0 Å². The number of ether oxygens (including phenoxy) is 2. The van der Waals surface area contributed by atoms with Crippen LogP contribution in [-0.2, 0) is 17.8 Å². The highest BCUT2D eigenvalue weighted by Gasteiger charge is 2.42. The van der Waals surface area contributed by atoms with E-state index >= 15 is 0 Å². The van der Waals surface area contributed by atoms with Gasteiger partial charge in [0.25, 0.3) is 0 Å². The van der Waals surface area contributed by atoms with E-state index in [0.29, 0.717) is 19.0 Å². The molecule has 0 saturated heterocycles. The zero-order valence-electron chi connectivity index (χ0n) is 18.3. The van der Waals surface area contributed by atoms with Crippen molar-refractivity contribution >= 4 is 11.9 Å². The van der Waals surface area contributed by atoms with E-state index in [9.17, 15) is 4.79 Å². The number of methoxy groups -OCH3 is 1. The average Bonchev–Trinajstić information content (AvgIpc) is 3.32. The minimum atomic E-state index is -0.337. The molecule has 1 aliphatic heterocycles. The average molecular weight is 403 g/mol. The molecule has 1 fully saturated rings. The molecule has 0 bridgehead atoms. The van der Waals surface area contributed by atoms with Gasteiger partial charge in [-0.2, -0.15) is 0 Å². The third-order valence-corrected chi connectivity index (χ3v) is 5.98. The summed E-state index contributed by atoms with van der Waals surface area (Å²) in [4.78, 5) is 18.8. The summed E-state index contributed by atoms with van der Waals surface area (Å²) in [6.07, 6.45) is 5.13. The van der Waals surface area contributed by atoms with Crippen molar-refractivity contribution in [1.82, 2.24) is 15.5 Å². The summed E-state index contributed by atoms with van der Waals surface area (Å²) in [7, 11) is 7.10. The van der Waals surface area contributed by atoms with Gasteiger partial charge in [0, 0.05) is 51.8 Å². The quantitative estimate of drug-likeness (QED) is 0.564. The smallest absolute Gasteiger partial charge is 0.230 e. The maximum absolute atomic E-state index is 12.8. The van der Waals surface area contributed by atoms with Gasteiger partial charge in [0.2, 0.25) is 5.91 Å². The summed E-state index contributed by atoms with van der Waals surface area (Å²) >= 11 is 0. The Bertz CT molecular complexity index is 770. The van der Waals surface area contributed by atoms with E-state index < -0.39 is 0 Å². The lowest BCUT2D eigenvalue weighted by molar-refractivity contribution is -0.138. The van der Waals surface area contributed by atoms with Crippen LogP contribution in [0.3, 0.4) is 0 Å². The van der Waals surface area contributed by atoms with Crippen molar-refractivity contribution in [1.29, 1.82) is 0 Å². The molecule has 1 aromatic carbocycles. The first-order chi connectivity index (χ1) is 13.9. The van der Waals surface area contributed by atoms with Crippen LogP contribution in [0.25, 0.3) is 0 Å². The fourth-order valence-electron chi connectivity index (χ4n) is 4.45. The minimum absolute atomic E-state index is 0.198. The molecule has 1 heterocycles. The van der Waals surface area contributed by atoms with Crippen LogP contribution in [0, 0.1) is 5.41 Å². The van der Waals surface area contributed by atoms with Gasteiger partial charge in [-0.3, -0.25) is 9.79 Å². The van der Waals surface area contributed by atoms with Gasteiger partial charge in [-0.05, 0) is 31.9 Å². The fraction of sp³-hybridized carbons (Fsp3) is 0.636. The summed E-state index contributed by atoms with van der Waals surface area (Å²) in [6.45, 7) is 3.22. The molecule has 0 aromatic heterocycles. The maximum atomic E-state index is 12.8. The van der Waals surface area contributed by atoms with Crippen LogP contribution in [0.15, 0.2) is 17.1 Å². The van der Waals surface area contributed by atoms with E-state index in [1.165, 1.54) is 5.56 Å². The van der Waals surface area contributed by atoms with Crippen molar-refractivity contribution in [2.75, 3.05) is 34.8 Å². The Kier molecular flexibility index (Phi) is 6.55. The summed E-state index contributed by atoms with van der Waals surface area (Å²) < 4.78 is 11.5. The monoisotopic (exact) mass is 402 g/mol. The Balaban J connectivity index is 1.64. The Morgan fingerprint density at radius 2 is 2.03 bits per heavy atom. The number of benzene rings is 1. The van der Waals surface area contributed by atoms with Gasteiger partial charge in [-0.1, -0.05) is 12.8 Å². The Hall–Kier alpha value is -2.44. The highest BCUT2D eigenvalue weighted by molar-refractivity contribution is 5.85. The number of carbonyl (C=O) groups is 1. The van der Waals surface area contributed by atoms with Crippen LogP contribution in [0.2, 0.25) is 0 Å². The molecular weight excluding hydrogens is 368 g/mol. The summed E-state index contributed by atoms with van der Waals surface area (Å²) in [6, 6.07) is 4.11. The highest BCUT2D eigenvalue weighted by Crippen LogP contribution is 2.39. The SMILES string of the molecule is CN=C(NCc1cc2c(cc1OC)CC(C)O2)NCC1(C(=O)N(C)C)CCCC1. The predicted octanol–water partition coefficient (Wildman–Crippen LogP) is 2.33. The van der Waals surface area contributed by atoms with Gasteiger partial charge in [0.15, 0.2) is 5.96 Å². The lowest BCUT2D eigenvalue weighted by atomic mass is 9.84. The molecule has 1 aromatic rings. The molecule has 1 saturated carbocycles. The molecule has 3 rings (SSSR count). The van der Waals surface area contributed by atoms with E-state index in [0.717, 1.165) is 49.2 Å². The molecule has 1 aliphatic carbocycles. The van der Waals surface area contributed by atoms with Crippen molar-refractivity contribution in [2.45, 2.75) is 51.7 Å². The van der Waals surface area contributed by atoms with Crippen LogP contribution in [0.1, 0.15) is 43.7 Å². The van der Waals surface area contributed by atoms with Crippen LogP contribution >= 0.6 is 0 Å². The molecule has 2 N–H and O–H groups in total. The minimum Gasteiger partial charge on any atom is -0.496 e. The van der Waals surface area contributed by atoms with Crippen LogP contribution < -0.4 is 20.1 Å². The highest BCUT2D eigenvalue weighted by atomic mass is 16.5. The molecule has 160 valence electrons. The number of rotatable bonds is 6. The fourth-order valence-corrected chi connectivity index (χ4v) is 4.45. The second kappa shape index (κ2) is 8.93. The lowest BCUT2D eigenvalue weighted by Crippen LogP contribution is -2.49. The zero-order chi connectivity index (χ0) is 21.0. The van der Waals surface area contributed by atoms with Gasteiger partial charge >= 0.3 is 0 Å². The van der Waals surface area contributed by atoms with Crippen LogP contribution in [-0.4, -0.2) is 57.7 Å². The van der Waals surface area contributed by atoms with Gasteiger partial charge in [-0.25, -0.2) is 0 Å². The topological polar surface area (TPSA) is 75.2 Å². The van der Waals surface area contributed by atoms with Crippen LogP contribution in [0.4, 0.5) is 0 Å². The number of hydrogen-bond donors (Lipinski definition) is 2. The van der Waals surface area contributed by atoms with Crippen molar-refractivity contribution in [3.8, 4) is 11.5 Å². The second-order valence-corrected chi connectivity index (χ2v) is 8.37. The van der Waals surface area contributed by atoms with Crippen molar-refractivity contribution in [2.24, 2.45) is 10.4 Å². The number of amides is 1. The van der Waals surface area contributed by atoms with E-state index in [2.05, 4.69) is 28.6 Å². The van der Waals surface area contributed by atoms with Gasteiger partial charge < -0.3 is 25.0 Å². The van der Waals surface area contributed by atoms with Crippen molar-refractivity contribution < 1.29 is 14.3 Å². The Morgan fingerprint density at radius 3 is 2.66 bits per heavy atom. The number of aliphatic imine (C=N–C) groups is 1. The van der Waals surface area contributed by atoms with Crippen molar-refractivity contribution in [3.63, 3.8) is 0 Å². The number of fused-ring (bicyclic) bond motifs is 1. The molecule has 7 heteroatoms. The maximum Gasteiger partial charge on any atom is 0.230 e. The zero-order valence-corrected chi connectivity index (χ0v) is 18.3. The Morgan fingerprint density at radius 1 is 1.31 bits per heavy atom. The summed E-state index contributed by atoms with van der Waals surface area (Å²) in [5.41, 5.74) is 1.87. The molecule has 1 atom stereocenters. The second-order valence-electron chi connectivity index (χ2n) is 8.37. The third kappa shape index (κ3) is 4.60. The first-order valence-corrected chi connectivity index (χ1v) is 10.4. The normalized spacial score (nSPS) is 20.0. The largest absolute Gasteiger partial charge is 0.496 e. The standard InChI is InChI=1S/C22H34N4O3/c1-15-10-16-11-18(28-5)17(12-19(16)29-15)13-24-21(23-2)25-14-22(8-6-7-9-22)20(27)26(3)4/h11-12,15H,6-10,13-14H2,1-5H3,(H2,23,24,25). The number of nitrogens with one attached hydrogen (secondary N) is 2. The molecule has 1 unspecified atom stereocenters. The summed E-state index contributed by atoms with van der Waals surface area (Å²) in [5, 5.41) is 6.72. The number of nitrogens with zero attached hydrogens (tertiary/aromatic N) is 2. The molecule has 7 nitrogen and oxygen atoms in total. The molecule has 0 spiro atoms. The van der Waals surface area contributed by atoms with E-state index in [1.807, 2.05) is 20.2 Å². The number of guanidine groups is 1. The first kappa shape index (κ1) is 21.3. The van der Waals surface area contributed by atoms with Crippen LogP contribution in [0.5, 0.6) is 11.5 Å². The van der Waals surface area contributed by atoms with E-state index in [1.54, 1.807) is 19.1 Å². The predicted molar refractivity (Wildman–Crippen MR) is 115 cm³/mol. The first-order valence-electron chi connectivity index (χ1n) is 10.4. The lowest BCUT2D eigenvalue weighted by Gasteiger charge is -2.31.